The van der Waals surface area contributed by atoms with Gasteiger partial charge in [0.25, 0.3) is 0 Å². The Morgan fingerprint density at radius 1 is 0.368 bits per heavy atom. The average Bonchev–Trinajstić information content (AvgIpc) is 3.82. The largest absolute Gasteiger partial charge is 0.454 e. The predicted molar refractivity (Wildman–Crippen MR) is 239 cm³/mol. The lowest BCUT2D eigenvalue weighted by Gasteiger charge is -2.26. The van der Waals surface area contributed by atoms with Crippen LogP contribution in [-0.4, -0.2) is 4.57 Å². The van der Waals surface area contributed by atoms with Gasteiger partial charge in [0.15, 0.2) is 5.58 Å². The van der Waals surface area contributed by atoms with Gasteiger partial charge in [0, 0.05) is 33.5 Å². The van der Waals surface area contributed by atoms with Gasteiger partial charge in [0.05, 0.1) is 5.52 Å². The molecule has 0 spiro atoms. The molecular formula is C54H36N2O. The van der Waals surface area contributed by atoms with Crippen molar-refractivity contribution < 1.29 is 4.42 Å². The molecule has 0 saturated carbocycles. The molecule has 268 valence electrons. The summed E-state index contributed by atoms with van der Waals surface area (Å²) in [6.45, 7) is 0. The van der Waals surface area contributed by atoms with E-state index in [0.29, 0.717) is 0 Å². The molecule has 0 atom stereocenters. The van der Waals surface area contributed by atoms with Crippen LogP contribution in [0.15, 0.2) is 223 Å². The maximum absolute atomic E-state index is 6.42. The van der Waals surface area contributed by atoms with E-state index < -0.39 is 0 Å². The quantitative estimate of drug-likeness (QED) is 0.163. The monoisotopic (exact) mass is 728 g/mol. The number of nitrogens with zero attached hydrogens (tertiary/aromatic N) is 2. The van der Waals surface area contributed by atoms with Crippen molar-refractivity contribution >= 4 is 60.8 Å². The molecule has 2 aromatic heterocycles. The first-order chi connectivity index (χ1) is 28.3. The summed E-state index contributed by atoms with van der Waals surface area (Å²) in [5.74, 6) is 0. The summed E-state index contributed by atoms with van der Waals surface area (Å²) in [6.07, 6.45) is 0. The van der Waals surface area contributed by atoms with Crippen molar-refractivity contribution in [1.29, 1.82) is 0 Å². The molecule has 0 radical (unpaired) electrons. The lowest BCUT2D eigenvalue weighted by molar-refractivity contribution is 0.673. The zero-order chi connectivity index (χ0) is 37.7. The molecule has 0 aliphatic rings. The number of hydrogen-bond acceptors (Lipinski definition) is 2. The molecule has 11 rings (SSSR count). The molecule has 0 fully saturated rings. The summed E-state index contributed by atoms with van der Waals surface area (Å²) in [5, 5.41) is 4.73. The molecule has 0 aliphatic carbocycles. The van der Waals surface area contributed by atoms with Crippen molar-refractivity contribution in [2.45, 2.75) is 0 Å². The molecule has 3 nitrogen and oxygen atoms in total. The minimum absolute atomic E-state index is 0.901. The number of benzene rings is 9. The SMILES string of the molecule is c1ccc(-c2ccc(N(c3ccc(-c4cccc5ccccc45)cc3)c3cccc(-c4ccc(-n5c6ccccc6c6oc7ccccc7c65)cc4)c3)cc2)cc1. The minimum Gasteiger partial charge on any atom is -0.454 e. The number of rotatable bonds is 7. The van der Waals surface area contributed by atoms with E-state index in [9.17, 15) is 0 Å². The van der Waals surface area contributed by atoms with Gasteiger partial charge in [-0.05, 0) is 117 Å². The van der Waals surface area contributed by atoms with Gasteiger partial charge in [-0.15, -0.1) is 0 Å². The van der Waals surface area contributed by atoms with Gasteiger partial charge in [-0.3, -0.25) is 0 Å². The molecule has 57 heavy (non-hydrogen) atoms. The maximum atomic E-state index is 6.42. The van der Waals surface area contributed by atoms with Crippen molar-refractivity contribution in [3.05, 3.63) is 218 Å². The highest BCUT2D eigenvalue weighted by atomic mass is 16.3. The number of hydrogen-bond donors (Lipinski definition) is 0. The second-order valence-corrected chi connectivity index (χ2v) is 14.5. The number of furan rings is 1. The molecule has 0 aliphatic heterocycles. The van der Waals surface area contributed by atoms with Gasteiger partial charge >= 0.3 is 0 Å². The second kappa shape index (κ2) is 13.6. The molecule has 9 aromatic carbocycles. The van der Waals surface area contributed by atoms with Crippen LogP contribution in [0, 0.1) is 0 Å². The Morgan fingerprint density at radius 3 is 1.72 bits per heavy atom. The second-order valence-electron chi connectivity index (χ2n) is 14.5. The highest BCUT2D eigenvalue weighted by Gasteiger charge is 2.19. The van der Waals surface area contributed by atoms with Crippen LogP contribution in [-0.2, 0) is 0 Å². The van der Waals surface area contributed by atoms with Crippen molar-refractivity contribution in [2.24, 2.45) is 0 Å². The van der Waals surface area contributed by atoms with Crippen LogP contribution >= 0.6 is 0 Å². The van der Waals surface area contributed by atoms with Crippen LogP contribution in [0.25, 0.3) is 82.8 Å². The predicted octanol–water partition coefficient (Wildman–Crippen LogP) is 15.2. The van der Waals surface area contributed by atoms with E-state index in [1.165, 1.54) is 33.0 Å². The van der Waals surface area contributed by atoms with Gasteiger partial charge in [-0.2, -0.15) is 0 Å². The molecule has 11 aromatic rings. The molecular weight excluding hydrogens is 693 g/mol. The normalized spacial score (nSPS) is 11.5. The summed E-state index contributed by atoms with van der Waals surface area (Å²) in [6, 6.07) is 78.1. The van der Waals surface area contributed by atoms with Gasteiger partial charge < -0.3 is 13.9 Å². The maximum Gasteiger partial charge on any atom is 0.161 e. The Bertz CT molecular complexity index is 3200. The molecule has 0 unspecified atom stereocenters. The van der Waals surface area contributed by atoms with Crippen LogP contribution in [0.1, 0.15) is 0 Å². The van der Waals surface area contributed by atoms with Crippen molar-refractivity contribution in [3.63, 3.8) is 0 Å². The third-order valence-corrected chi connectivity index (χ3v) is 11.2. The first kappa shape index (κ1) is 32.8. The summed E-state index contributed by atoms with van der Waals surface area (Å²) in [4.78, 5) is 2.35. The summed E-state index contributed by atoms with van der Waals surface area (Å²) < 4.78 is 8.75. The van der Waals surface area contributed by atoms with Gasteiger partial charge in [0.1, 0.15) is 11.1 Å². The van der Waals surface area contributed by atoms with Crippen LogP contribution in [0.4, 0.5) is 17.1 Å². The molecule has 3 heteroatoms. The third-order valence-electron chi connectivity index (χ3n) is 11.2. The fourth-order valence-corrected chi connectivity index (χ4v) is 8.46. The first-order valence-electron chi connectivity index (χ1n) is 19.4. The van der Waals surface area contributed by atoms with E-state index in [4.69, 9.17) is 4.42 Å². The molecule has 0 saturated heterocycles. The fraction of sp³-hybridized carbons (Fsp3) is 0. The first-order valence-corrected chi connectivity index (χ1v) is 19.4. The topological polar surface area (TPSA) is 21.3 Å². The number of para-hydroxylation sites is 2. The van der Waals surface area contributed by atoms with Gasteiger partial charge in [-0.1, -0.05) is 146 Å². The number of aromatic nitrogens is 1. The van der Waals surface area contributed by atoms with E-state index in [2.05, 4.69) is 216 Å². The lowest BCUT2D eigenvalue weighted by atomic mass is 9.98. The van der Waals surface area contributed by atoms with E-state index in [1.54, 1.807) is 0 Å². The van der Waals surface area contributed by atoms with Crippen molar-refractivity contribution in [1.82, 2.24) is 4.57 Å². The van der Waals surface area contributed by atoms with Crippen LogP contribution in [0.5, 0.6) is 0 Å². The average molecular weight is 729 g/mol. The Labute approximate surface area is 330 Å². The lowest BCUT2D eigenvalue weighted by Crippen LogP contribution is -2.10. The molecule has 0 bridgehead atoms. The van der Waals surface area contributed by atoms with Gasteiger partial charge in [-0.25, -0.2) is 0 Å². The third kappa shape index (κ3) is 5.68. The van der Waals surface area contributed by atoms with Crippen LogP contribution < -0.4 is 4.90 Å². The zero-order valence-electron chi connectivity index (χ0n) is 31.1. The van der Waals surface area contributed by atoms with E-state index in [1.807, 2.05) is 12.1 Å². The van der Waals surface area contributed by atoms with Crippen LogP contribution in [0.2, 0.25) is 0 Å². The van der Waals surface area contributed by atoms with Gasteiger partial charge in [0.2, 0.25) is 0 Å². The Balaban J connectivity index is 0.988. The zero-order valence-corrected chi connectivity index (χ0v) is 31.1. The highest BCUT2D eigenvalue weighted by Crippen LogP contribution is 2.41. The van der Waals surface area contributed by atoms with E-state index >= 15 is 0 Å². The summed E-state index contributed by atoms with van der Waals surface area (Å²) >= 11 is 0. The number of anilines is 3. The molecule has 0 amide bonds. The highest BCUT2D eigenvalue weighted by molar-refractivity contribution is 6.16. The minimum atomic E-state index is 0.901. The smallest absolute Gasteiger partial charge is 0.161 e. The van der Waals surface area contributed by atoms with Crippen molar-refractivity contribution in [2.75, 3.05) is 4.90 Å². The Morgan fingerprint density at radius 2 is 0.930 bits per heavy atom. The number of fused-ring (bicyclic) bond motifs is 6. The van der Waals surface area contributed by atoms with E-state index in [-0.39, 0.29) is 0 Å². The standard InChI is InChI=1S/C54H36N2O/c1-2-12-37(13-3-1)38-24-30-43(31-25-38)55(44-34-28-41(29-35-44)48-21-11-15-40-14-4-5-18-47(40)48)46-17-10-16-42(36-46)39-26-32-45(33-27-39)56-51-22-8-6-19-49(51)54-53(56)50-20-7-9-23-52(50)57-54/h1-36H. The van der Waals surface area contributed by atoms with Crippen molar-refractivity contribution in [3.8, 4) is 39.1 Å². The Kier molecular flexibility index (Phi) is 7.82. The molecule has 0 N–H and O–H groups in total. The summed E-state index contributed by atoms with van der Waals surface area (Å²) in [7, 11) is 0. The fourth-order valence-electron chi connectivity index (χ4n) is 8.46. The molecule has 2 heterocycles. The summed E-state index contributed by atoms with van der Waals surface area (Å²) in [5.41, 5.74) is 15.5. The van der Waals surface area contributed by atoms with E-state index in [0.717, 1.165) is 66.8 Å². The Hall–Kier alpha value is -7.62. The van der Waals surface area contributed by atoms with Crippen LogP contribution in [0.3, 0.4) is 0 Å².